The van der Waals surface area contributed by atoms with Crippen molar-refractivity contribution in [2.24, 2.45) is 5.92 Å². The van der Waals surface area contributed by atoms with Gasteiger partial charge in [0.05, 0.1) is 11.0 Å². The Morgan fingerprint density at radius 2 is 2.24 bits per heavy atom. The van der Waals surface area contributed by atoms with Crippen molar-refractivity contribution in [2.45, 2.75) is 32.7 Å². The van der Waals surface area contributed by atoms with E-state index in [1.54, 1.807) is 6.92 Å². The average Bonchev–Trinajstić information content (AvgIpc) is 2.42. The Bertz CT molecular complexity index is 577. The molecule has 114 valence electrons. The number of hydrogen-bond donors (Lipinski definition) is 2. The fourth-order valence-corrected chi connectivity index (χ4v) is 2.70. The molecule has 2 unspecified atom stereocenters. The molecule has 1 aromatic rings. The van der Waals surface area contributed by atoms with E-state index in [9.17, 15) is 14.9 Å². The van der Waals surface area contributed by atoms with Gasteiger partial charge in [-0.3, -0.25) is 14.9 Å². The van der Waals surface area contributed by atoms with Crippen LogP contribution in [-0.4, -0.2) is 23.4 Å². The van der Waals surface area contributed by atoms with E-state index in [1.807, 2.05) is 0 Å². The molecule has 1 heterocycles. The molecule has 0 aromatic heterocycles. The number of aryl methyl sites for hydroxylation is 1. The molecular formula is C14H18ClN3O3. The molecule has 1 aliphatic rings. The molecule has 0 spiro atoms. The van der Waals surface area contributed by atoms with Crippen LogP contribution in [0, 0.1) is 23.0 Å². The first-order valence-electron chi connectivity index (χ1n) is 6.87. The third-order valence-electron chi connectivity index (χ3n) is 3.73. The number of nitro groups is 1. The summed E-state index contributed by atoms with van der Waals surface area (Å²) in [4.78, 5) is 22.5. The van der Waals surface area contributed by atoms with Crippen LogP contribution in [0.2, 0.25) is 5.02 Å². The first-order valence-corrected chi connectivity index (χ1v) is 7.25. The molecule has 1 aromatic carbocycles. The predicted molar refractivity (Wildman–Crippen MR) is 81.7 cm³/mol. The van der Waals surface area contributed by atoms with Crippen molar-refractivity contribution in [1.29, 1.82) is 0 Å². The number of carbonyl (C=O) groups excluding carboxylic acids is 1. The fraction of sp³-hybridized carbons (Fsp3) is 0.500. The lowest BCUT2D eigenvalue weighted by molar-refractivity contribution is -0.384. The highest BCUT2D eigenvalue weighted by Gasteiger charge is 2.25. The second kappa shape index (κ2) is 6.41. The van der Waals surface area contributed by atoms with Gasteiger partial charge in [-0.15, -0.1) is 0 Å². The predicted octanol–water partition coefficient (Wildman–Crippen LogP) is 2.88. The lowest BCUT2D eigenvalue weighted by atomic mass is 9.94. The van der Waals surface area contributed by atoms with E-state index in [-0.39, 0.29) is 22.7 Å². The van der Waals surface area contributed by atoms with E-state index in [0.29, 0.717) is 17.2 Å². The molecule has 1 saturated heterocycles. The number of hydrogen-bond acceptors (Lipinski definition) is 4. The molecule has 0 saturated carbocycles. The topological polar surface area (TPSA) is 84.3 Å². The molecular weight excluding hydrogens is 294 g/mol. The Morgan fingerprint density at radius 1 is 1.52 bits per heavy atom. The summed E-state index contributed by atoms with van der Waals surface area (Å²) in [5.74, 6) is 0.373. The van der Waals surface area contributed by atoms with Crippen molar-refractivity contribution in [2.75, 3.05) is 11.9 Å². The summed E-state index contributed by atoms with van der Waals surface area (Å²) < 4.78 is 0. The zero-order valence-electron chi connectivity index (χ0n) is 12.0. The Labute approximate surface area is 128 Å². The average molecular weight is 312 g/mol. The highest BCUT2D eigenvalue weighted by Crippen LogP contribution is 2.30. The number of nitro benzene ring substituents is 1. The van der Waals surface area contributed by atoms with Crippen molar-refractivity contribution in [3.63, 3.8) is 0 Å². The molecule has 0 bridgehead atoms. The van der Waals surface area contributed by atoms with Crippen molar-refractivity contribution in [3.05, 3.63) is 32.8 Å². The quantitative estimate of drug-likeness (QED) is 0.664. The monoisotopic (exact) mass is 311 g/mol. The van der Waals surface area contributed by atoms with Gasteiger partial charge >= 0.3 is 0 Å². The van der Waals surface area contributed by atoms with Gasteiger partial charge in [0, 0.05) is 11.8 Å². The second-order valence-electron chi connectivity index (χ2n) is 5.50. The lowest BCUT2D eigenvalue weighted by Crippen LogP contribution is -2.45. The van der Waals surface area contributed by atoms with Gasteiger partial charge in [0.25, 0.3) is 5.69 Å². The van der Waals surface area contributed by atoms with Gasteiger partial charge in [0.15, 0.2) is 0 Å². The summed E-state index contributed by atoms with van der Waals surface area (Å²) in [5, 5.41) is 16.8. The number of halogens is 1. The molecule has 6 nitrogen and oxygen atoms in total. The van der Waals surface area contributed by atoms with Crippen molar-refractivity contribution in [1.82, 2.24) is 5.32 Å². The van der Waals surface area contributed by atoms with E-state index in [2.05, 4.69) is 17.6 Å². The molecule has 1 aliphatic heterocycles. The SMILES string of the molecule is Cc1cc([N+](=O)[O-])c(Cl)cc1NC(=O)C1CC(C)CCN1. The van der Waals surface area contributed by atoms with Crippen LogP contribution in [0.5, 0.6) is 0 Å². The van der Waals surface area contributed by atoms with Crippen LogP contribution in [-0.2, 0) is 4.79 Å². The first-order chi connectivity index (χ1) is 9.88. The molecule has 1 amide bonds. The fourth-order valence-electron chi connectivity index (χ4n) is 2.47. The Kier molecular flexibility index (Phi) is 4.80. The van der Waals surface area contributed by atoms with Crippen LogP contribution in [0.4, 0.5) is 11.4 Å². The van der Waals surface area contributed by atoms with Gasteiger partial charge in [0.2, 0.25) is 5.91 Å². The van der Waals surface area contributed by atoms with Gasteiger partial charge in [0.1, 0.15) is 5.02 Å². The molecule has 2 atom stereocenters. The zero-order valence-corrected chi connectivity index (χ0v) is 12.7. The van der Waals surface area contributed by atoms with Gasteiger partial charge in [-0.05, 0) is 43.9 Å². The molecule has 21 heavy (non-hydrogen) atoms. The summed E-state index contributed by atoms with van der Waals surface area (Å²) in [5.41, 5.74) is 0.968. The first kappa shape index (κ1) is 15.7. The maximum Gasteiger partial charge on any atom is 0.288 e. The third-order valence-corrected chi connectivity index (χ3v) is 4.03. The smallest absolute Gasteiger partial charge is 0.288 e. The van der Waals surface area contributed by atoms with Crippen LogP contribution >= 0.6 is 11.6 Å². The van der Waals surface area contributed by atoms with E-state index in [1.165, 1.54) is 12.1 Å². The normalized spacial score (nSPS) is 21.9. The van der Waals surface area contributed by atoms with Crippen molar-refractivity contribution >= 4 is 28.9 Å². The van der Waals surface area contributed by atoms with Crippen LogP contribution in [0.25, 0.3) is 0 Å². The number of benzene rings is 1. The number of piperidine rings is 1. The largest absolute Gasteiger partial charge is 0.324 e. The summed E-state index contributed by atoms with van der Waals surface area (Å²) in [6.07, 6.45) is 1.85. The van der Waals surface area contributed by atoms with E-state index >= 15 is 0 Å². The minimum Gasteiger partial charge on any atom is -0.324 e. The van der Waals surface area contributed by atoms with Crippen LogP contribution in [0.1, 0.15) is 25.3 Å². The van der Waals surface area contributed by atoms with Gasteiger partial charge in [-0.2, -0.15) is 0 Å². The summed E-state index contributed by atoms with van der Waals surface area (Å²) in [7, 11) is 0. The minimum absolute atomic E-state index is 0.0193. The second-order valence-corrected chi connectivity index (χ2v) is 5.91. The van der Waals surface area contributed by atoms with E-state index < -0.39 is 4.92 Å². The van der Waals surface area contributed by atoms with Gasteiger partial charge < -0.3 is 10.6 Å². The third kappa shape index (κ3) is 3.71. The standard InChI is InChI=1S/C14H18ClN3O3/c1-8-3-4-16-12(5-8)14(19)17-11-7-10(15)13(18(20)21)6-9(11)2/h6-8,12,16H,3-5H2,1-2H3,(H,17,19). The number of amides is 1. The zero-order chi connectivity index (χ0) is 15.6. The molecule has 0 aliphatic carbocycles. The highest BCUT2D eigenvalue weighted by atomic mass is 35.5. The Balaban J connectivity index is 2.14. The number of rotatable bonds is 3. The van der Waals surface area contributed by atoms with Gasteiger partial charge in [-0.25, -0.2) is 0 Å². The molecule has 0 radical (unpaired) electrons. The van der Waals surface area contributed by atoms with Crippen molar-refractivity contribution < 1.29 is 9.72 Å². The number of nitrogens with one attached hydrogen (secondary N) is 2. The number of nitrogens with zero attached hydrogens (tertiary/aromatic N) is 1. The van der Waals surface area contributed by atoms with E-state index in [0.717, 1.165) is 19.4 Å². The summed E-state index contributed by atoms with van der Waals surface area (Å²) >= 11 is 5.88. The highest BCUT2D eigenvalue weighted by molar-refractivity contribution is 6.33. The molecule has 2 N–H and O–H groups in total. The Morgan fingerprint density at radius 3 is 2.86 bits per heavy atom. The van der Waals surface area contributed by atoms with Crippen molar-refractivity contribution in [3.8, 4) is 0 Å². The molecule has 1 fully saturated rings. The van der Waals surface area contributed by atoms with Crippen LogP contribution in [0.15, 0.2) is 12.1 Å². The summed E-state index contributed by atoms with van der Waals surface area (Å²) in [6.45, 7) is 4.64. The maximum absolute atomic E-state index is 12.2. The lowest BCUT2D eigenvalue weighted by Gasteiger charge is -2.27. The number of anilines is 1. The summed E-state index contributed by atoms with van der Waals surface area (Å²) in [6, 6.07) is 2.57. The Hall–Kier alpha value is -1.66. The molecule has 7 heteroatoms. The van der Waals surface area contributed by atoms with Crippen LogP contribution < -0.4 is 10.6 Å². The van der Waals surface area contributed by atoms with E-state index in [4.69, 9.17) is 11.6 Å². The maximum atomic E-state index is 12.2. The number of carbonyl (C=O) groups is 1. The minimum atomic E-state index is -0.536. The van der Waals surface area contributed by atoms with Crippen LogP contribution in [0.3, 0.4) is 0 Å². The molecule has 2 rings (SSSR count). The van der Waals surface area contributed by atoms with Gasteiger partial charge in [-0.1, -0.05) is 18.5 Å².